The molecule has 0 unspecified atom stereocenters. The maximum atomic E-state index is 12.4. The first-order chi connectivity index (χ1) is 13.4. The molecule has 1 aliphatic heterocycles. The summed E-state index contributed by atoms with van der Waals surface area (Å²) in [5.74, 6) is -2.61. The third kappa shape index (κ3) is 3.59. The highest BCUT2D eigenvalue weighted by molar-refractivity contribution is 6.22. The van der Waals surface area contributed by atoms with Gasteiger partial charge in [0.05, 0.1) is 22.8 Å². The Morgan fingerprint density at radius 1 is 1.07 bits per heavy atom. The van der Waals surface area contributed by atoms with Gasteiger partial charge >= 0.3 is 5.97 Å². The van der Waals surface area contributed by atoms with Gasteiger partial charge in [0.25, 0.3) is 17.7 Å². The number of carbonyl (C=O) groups excluding carboxylic acids is 4. The average Bonchev–Trinajstić information content (AvgIpc) is 2.97. The molecule has 1 N–H and O–H groups in total. The van der Waals surface area contributed by atoms with Gasteiger partial charge < -0.3 is 10.1 Å². The molecule has 1 atom stereocenters. The van der Waals surface area contributed by atoms with Gasteiger partial charge in [0.2, 0.25) is 0 Å². The number of carbonyl (C=O) groups is 4. The first-order valence-corrected chi connectivity index (χ1v) is 8.36. The number of anilines is 1. The summed E-state index contributed by atoms with van der Waals surface area (Å²) in [6, 6.07) is 13.2. The van der Waals surface area contributed by atoms with Crippen molar-refractivity contribution >= 4 is 29.4 Å². The van der Waals surface area contributed by atoms with E-state index in [1.807, 2.05) is 6.07 Å². The van der Waals surface area contributed by atoms with Crippen molar-refractivity contribution < 1.29 is 23.9 Å². The summed E-state index contributed by atoms with van der Waals surface area (Å²) >= 11 is 0. The molecule has 1 heterocycles. The van der Waals surface area contributed by atoms with Gasteiger partial charge in [0.1, 0.15) is 6.04 Å². The molecule has 0 saturated heterocycles. The van der Waals surface area contributed by atoms with E-state index in [0.717, 1.165) is 4.90 Å². The number of hydrogen-bond donors (Lipinski definition) is 1. The van der Waals surface area contributed by atoms with E-state index in [1.165, 1.54) is 31.2 Å². The van der Waals surface area contributed by atoms with Crippen LogP contribution in [-0.4, -0.2) is 41.2 Å². The van der Waals surface area contributed by atoms with Crippen LogP contribution in [0.5, 0.6) is 0 Å². The first kappa shape index (κ1) is 18.8. The molecule has 0 aromatic heterocycles. The zero-order valence-electron chi connectivity index (χ0n) is 14.8. The number of esters is 1. The van der Waals surface area contributed by atoms with Gasteiger partial charge in [-0.1, -0.05) is 12.1 Å². The van der Waals surface area contributed by atoms with Crippen LogP contribution in [0.4, 0.5) is 5.69 Å². The van der Waals surface area contributed by atoms with Crippen LogP contribution in [-0.2, 0) is 14.3 Å². The lowest BCUT2D eigenvalue weighted by Gasteiger charge is -2.20. The predicted molar refractivity (Wildman–Crippen MR) is 97.1 cm³/mol. The number of ether oxygens (including phenoxy) is 1. The molecule has 2 aromatic rings. The van der Waals surface area contributed by atoms with Crippen molar-refractivity contribution in [3.05, 3.63) is 65.2 Å². The van der Waals surface area contributed by atoms with Crippen LogP contribution in [0.25, 0.3) is 0 Å². The molecule has 2 aromatic carbocycles. The smallest absolute Gasteiger partial charge is 0.329 e. The standard InChI is InChI=1S/C20H15N3O5/c1-12(23-18(25)15-4-2-3-5-16(15)19(23)26)20(27)28-11-17(24)22-14-8-6-13(10-21)7-9-14/h2-9,12H,11H2,1H3,(H,22,24)/t12-/m0/s1. The van der Waals surface area contributed by atoms with Crippen LogP contribution in [0.15, 0.2) is 48.5 Å². The zero-order chi connectivity index (χ0) is 20.3. The molecule has 140 valence electrons. The SMILES string of the molecule is C[C@@H](C(=O)OCC(=O)Nc1ccc(C#N)cc1)N1C(=O)c2ccccc2C1=O. The molecule has 0 spiro atoms. The van der Waals surface area contributed by atoms with Crippen molar-refractivity contribution in [2.75, 3.05) is 11.9 Å². The topological polar surface area (TPSA) is 117 Å². The molecule has 0 bridgehead atoms. The summed E-state index contributed by atoms with van der Waals surface area (Å²) in [4.78, 5) is 49.7. The van der Waals surface area contributed by atoms with Gasteiger partial charge in [-0.2, -0.15) is 5.26 Å². The van der Waals surface area contributed by atoms with Crippen molar-refractivity contribution in [2.24, 2.45) is 0 Å². The molecular formula is C20H15N3O5. The van der Waals surface area contributed by atoms with Crippen LogP contribution in [0.2, 0.25) is 0 Å². The van der Waals surface area contributed by atoms with E-state index in [1.54, 1.807) is 24.3 Å². The van der Waals surface area contributed by atoms with Crippen molar-refractivity contribution in [2.45, 2.75) is 13.0 Å². The van der Waals surface area contributed by atoms with Crippen LogP contribution >= 0.6 is 0 Å². The fourth-order valence-corrected chi connectivity index (χ4v) is 2.75. The number of benzene rings is 2. The number of nitriles is 1. The molecule has 3 rings (SSSR count). The molecule has 3 amide bonds. The molecular weight excluding hydrogens is 362 g/mol. The summed E-state index contributed by atoms with van der Waals surface area (Å²) in [7, 11) is 0. The minimum atomic E-state index is -1.17. The maximum Gasteiger partial charge on any atom is 0.329 e. The Labute approximate surface area is 160 Å². The van der Waals surface area contributed by atoms with E-state index in [-0.39, 0.29) is 11.1 Å². The lowest BCUT2D eigenvalue weighted by Crippen LogP contribution is -2.44. The van der Waals surface area contributed by atoms with Crippen molar-refractivity contribution in [1.29, 1.82) is 5.26 Å². The number of hydrogen-bond acceptors (Lipinski definition) is 6. The Morgan fingerprint density at radius 3 is 2.18 bits per heavy atom. The molecule has 0 aliphatic carbocycles. The lowest BCUT2D eigenvalue weighted by molar-refractivity contribution is -0.150. The Hall–Kier alpha value is -3.99. The monoisotopic (exact) mass is 377 g/mol. The Morgan fingerprint density at radius 2 is 1.64 bits per heavy atom. The summed E-state index contributed by atoms with van der Waals surface area (Å²) in [6.45, 7) is 0.787. The van der Waals surface area contributed by atoms with E-state index in [2.05, 4.69) is 5.32 Å². The molecule has 28 heavy (non-hydrogen) atoms. The second kappa shape index (κ2) is 7.72. The first-order valence-electron chi connectivity index (χ1n) is 8.36. The second-order valence-corrected chi connectivity index (χ2v) is 6.05. The number of rotatable bonds is 5. The fraction of sp³-hybridized carbons (Fsp3) is 0.150. The van der Waals surface area contributed by atoms with Crippen LogP contribution in [0.3, 0.4) is 0 Å². The predicted octanol–water partition coefficient (Wildman–Crippen LogP) is 1.72. The molecule has 1 aliphatic rings. The zero-order valence-corrected chi connectivity index (χ0v) is 14.8. The van der Waals surface area contributed by atoms with Crippen LogP contribution in [0.1, 0.15) is 33.2 Å². The van der Waals surface area contributed by atoms with Gasteiger partial charge in [-0.25, -0.2) is 4.79 Å². The minimum absolute atomic E-state index is 0.228. The third-order valence-electron chi connectivity index (χ3n) is 4.20. The summed E-state index contributed by atoms with van der Waals surface area (Å²) in [5, 5.41) is 11.3. The van der Waals surface area contributed by atoms with Gasteiger partial charge in [0, 0.05) is 5.69 Å². The van der Waals surface area contributed by atoms with Crippen molar-refractivity contribution in [1.82, 2.24) is 4.90 Å². The Kier molecular flexibility index (Phi) is 5.18. The van der Waals surface area contributed by atoms with E-state index in [4.69, 9.17) is 10.00 Å². The normalized spacial score (nSPS) is 13.5. The molecule has 8 nitrogen and oxygen atoms in total. The van der Waals surface area contributed by atoms with Crippen LogP contribution in [0, 0.1) is 11.3 Å². The highest BCUT2D eigenvalue weighted by atomic mass is 16.5. The number of amides is 3. The van der Waals surface area contributed by atoms with Gasteiger partial charge in [-0.05, 0) is 43.3 Å². The minimum Gasteiger partial charge on any atom is -0.454 e. The summed E-state index contributed by atoms with van der Waals surface area (Å²) in [6.07, 6.45) is 0. The molecule has 8 heteroatoms. The molecule has 0 radical (unpaired) electrons. The Balaban J connectivity index is 1.57. The lowest BCUT2D eigenvalue weighted by atomic mass is 10.1. The molecule has 0 fully saturated rings. The fourth-order valence-electron chi connectivity index (χ4n) is 2.75. The number of fused-ring (bicyclic) bond motifs is 1. The average molecular weight is 377 g/mol. The van der Waals surface area contributed by atoms with Crippen LogP contribution < -0.4 is 5.32 Å². The highest BCUT2D eigenvalue weighted by Gasteiger charge is 2.41. The number of nitrogens with zero attached hydrogens (tertiary/aromatic N) is 2. The van der Waals surface area contributed by atoms with Crippen molar-refractivity contribution in [3.8, 4) is 6.07 Å². The third-order valence-corrected chi connectivity index (χ3v) is 4.20. The van der Waals surface area contributed by atoms with Crippen molar-refractivity contribution in [3.63, 3.8) is 0 Å². The van der Waals surface area contributed by atoms with Gasteiger partial charge in [-0.3, -0.25) is 19.3 Å². The number of imide groups is 1. The van der Waals surface area contributed by atoms with Gasteiger partial charge in [-0.15, -0.1) is 0 Å². The van der Waals surface area contributed by atoms with E-state index in [0.29, 0.717) is 11.3 Å². The summed E-state index contributed by atoms with van der Waals surface area (Å²) < 4.78 is 4.94. The molecule has 0 saturated carbocycles. The quantitative estimate of drug-likeness (QED) is 0.626. The largest absolute Gasteiger partial charge is 0.454 e. The van der Waals surface area contributed by atoms with E-state index in [9.17, 15) is 19.2 Å². The highest BCUT2D eigenvalue weighted by Crippen LogP contribution is 2.24. The number of nitrogens with one attached hydrogen (secondary N) is 1. The summed E-state index contributed by atoms with van der Waals surface area (Å²) in [5.41, 5.74) is 1.34. The van der Waals surface area contributed by atoms with Gasteiger partial charge in [0.15, 0.2) is 6.61 Å². The van der Waals surface area contributed by atoms with E-state index >= 15 is 0 Å². The second-order valence-electron chi connectivity index (χ2n) is 6.05. The van der Waals surface area contributed by atoms with E-state index < -0.39 is 36.3 Å². The Bertz CT molecular complexity index is 972. The maximum absolute atomic E-state index is 12.4.